The van der Waals surface area contributed by atoms with Gasteiger partial charge in [-0.1, -0.05) is 24.8 Å². The topological polar surface area (TPSA) is 83.1 Å². The molecule has 0 spiro atoms. The Morgan fingerprint density at radius 3 is 2.55 bits per heavy atom. The van der Waals surface area contributed by atoms with Crippen molar-refractivity contribution in [3.8, 4) is 11.8 Å². The average Bonchev–Trinajstić information content (AvgIpc) is 2.91. The number of morpholine rings is 1. The smallest absolute Gasteiger partial charge is 0.251 e. The molecule has 8 heteroatoms. The van der Waals surface area contributed by atoms with Crippen LogP contribution in [0.1, 0.15) is 55.1 Å². The molecule has 8 nitrogen and oxygen atoms in total. The fourth-order valence-electron chi connectivity index (χ4n) is 5.59. The summed E-state index contributed by atoms with van der Waals surface area (Å²) in [5, 5.41) is 5.93. The Bertz CT molecular complexity index is 1090. The van der Waals surface area contributed by atoms with E-state index < -0.39 is 0 Å². The summed E-state index contributed by atoms with van der Waals surface area (Å²) in [6.07, 6.45) is 3.96. The van der Waals surface area contributed by atoms with Crippen molar-refractivity contribution in [1.29, 1.82) is 0 Å². The van der Waals surface area contributed by atoms with Gasteiger partial charge >= 0.3 is 0 Å². The number of carbonyl (C=O) groups excluding carboxylic acids is 2. The molecule has 1 aromatic rings. The zero-order chi connectivity index (χ0) is 27.1. The molecule has 3 aliphatic heterocycles. The molecule has 2 saturated heterocycles. The molecule has 2 atom stereocenters. The minimum absolute atomic E-state index is 0.0467. The number of ether oxygens (including phenoxy) is 2. The monoisotopic (exact) mass is 522 g/mol. The number of anilines is 1. The maximum absolute atomic E-state index is 13.5. The number of benzene rings is 1. The van der Waals surface area contributed by atoms with Crippen LogP contribution in [0, 0.1) is 30.6 Å². The number of rotatable bonds is 7. The van der Waals surface area contributed by atoms with Crippen LogP contribution < -0.4 is 15.5 Å². The highest BCUT2D eigenvalue weighted by molar-refractivity contribution is 5.98. The highest BCUT2D eigenvalue weighted by atomic mass is 16.5. The Balaban J connectivity index is 1.59. The lowest BCUT2D eigenvalue weighted by Gasteiger charge is -2.36. The lowest BCUT2D eigenvalue weighted by atomic mass is 9.89. The molecule has 2 N–H and O–H groups in total. The maximum Gasteiger partial charge on any atom is 0.251 e. The van der Waals surface area contributed by atoms with E-state index in [0.29, 0.717) is 18.2 Å². The fraction of sp³-hybridized carbons (Fsp3) is 0.600. The van der Waals surface area contributed by atoms with Gasteiger partial charge in [-0.25, -0.2) is 0 Å². The fourth-order valence-corrected chi connectivity index (χ4v) is 5.59. The number of amides is 2. The van der Waals surface area contributed by atoms with E-state index in [1.54, 1.807) is 0 Å². The lowest BCUT2D eigenvalue weighted by Crippen LogP contribution is -2.44. The summed E-state index contributed by atoms with van der Waals surface area (Å²) in [6.45, 7) is 14.6. The van der Waals surface area contributed by atoms with Crippen LogP contribution in [0.3, 0.4) is 0 Å². The minimum Gasteiger partial charge on any atom is -0.381 e. The summed E-state index contributed by atoms with van der Waals surface area (Å²) in [5.41, 5.74) is 4.29. The largest absolute Gasteiger partial charge is 0.381 e. The van der Waals surface area contributed by atoms with Crippen molar-refractivity contribution in [2.45, 2.75) is 46.6 Å². The number of allylic oxidation sites excluding steroid dienone is 2. The van der Waals surface area contributed by atoms with E-state index in [1.165, 1.54) is 0 Å². The van der Waals surface area contributed by atoms with Crippen LogP contribution in [0.2, 0.25) is 0 Å². The van der Waals surface area contributed by atoms with E-state index in [9.17, 15) is 9.59 Å². The van der Waals surface area contributed by atoms with E-state index in [0.717, 1.165) is 81.4 Å². The van der Waals surface area contributed by atoms with Crippen molar-refractivity contribution in [1.82, 2.24) is 15.5 Å². The van der Waals surface area contributed by atoms with E-state index >= 15 is 0 Å². The molecule has 2 amide bonds. The summed E-state index contributed by atoms with van der Waals surface area (Å²) in [4.78, 5) is 30.8. The molecule has 3 heterocycles. The SMILES string of the molecule is CCN(c1cc(C#CCN2CCOCC2)cc(C(=O)NCC2C(=O)NC(C)=CC2C)c1C)C1CCOCC1. The Kier molecular flexibility index (Phi) is 9.84. The molecule has 3 aliphatic rings. The van der Waals surface area contributed by atoms with Crippen molar-refractivity contribution in [3.63, 3.8) is 0 Å². The first kappa shape index (κ1) is 28.2. The predicted octanol–water partition coefficient (Wildman–Crippen LogP) is 2.70. The van der Waals surface area contributed by atoms with Gasteiger partial charge in [-0.15, -0.1) is 0 Å². The van der Waals surface area contributed by atoms with Gasteiger partial charge < -0.3 is 25.0 Å². The van der Waals surface area contributed by atoms with Gasteiger partial charge in [0.25, 0.3) is 5.91 Å². The van der Waals surface area contributed by atoms with Crippen molar-refractivity contribution < 1.29 is 19.1 Å². The van der Waals surface area contributed by atoms with E-state index in [2.05, 4.69) is 45.3 Å². The van der Waals surface area contributed by atoms with Gasteiger partial charge in [-0.3, -0.25) is 14.5 Å². The van der Waals surface area contributed by atoms with E-state index in [-0.39, 0.29) is 30.2 Å². The van der Waals surface area contributed by atoms with Crippen molar-refractivity contribution in [2.75, 3.05) is 64.1 Å². The first-order chi connectivity index (χ1) is 18.4. The Morgan fingerprint density at radius 1 is 1.16 bits per heavy atom. The molecule has 4 rings (SSSR count). The number of carbonyl (C=O) groups is 2. The van der Waals surface area contributed by atoms with Crippen LogP contribution in [0.15, 0.2) is 23.9 Å². The summed E-state index contributed by atoms with van der Waals surface area (Å²) in [7, 11) is 0. The molecule has 0 aromatic heterocycles. The quantitative estimate of drug-likeness (QED) is 0.536. The third kappa shape index (κ3) is 6.96. The van der Waals surface area contributed by atoms with Crippen LogP contribution in [0.25, 0.3) is 0 Å². The molecule has 2 fully saturated rings. The van der Waals surface area contributed by atoms with Crippen LogP contribution in [0.5, 0.6) is 0 Å². The average molecular weight is 523 g/mol. The Hall–Kier alpha value is -2.86. The number of nitrogens with one attached hydrogen (secondary N) is 2. The third-order valence-corrected chi connectivity index (χ3v) is 7.83. The Labute approximate surface area is 227 Å². The molecule has 2 unspecified atom stereocenters. The van der Waals surface area contributed by atoms with Gasteiger partial charge in [0.15, 0.2) is 0 Å². The molecule has 0 radical (unpaired) electrons. The van der Waals surface area contributed by atoms with Gasteiger partial charge in [-0.2, -0.15) is 0 Å². The van der Waals surface area contributed by atoms with Crippen LogP contribution in [-0.2, 0) is 14.3 Å². The van der Waals surface area contributed by atoms with Gasteiger partial charge in [0, 0.05) is 67.9 Å². The zero-order valence-corrected chi connectivity index (χ0v) is 23.3. The molecule has 0 bridgehead atoms. The first-order valence-corrected chi connectivity index (χ1v) is 13.9. The van der Waals surface area contributed by atoms with Crippen LogP contribution in [-0.4, -0.2) is 81.9 Å². The summed E-state index contributed by atoms with van der Waals surface area (Å²) in [5.74, 6) is 6.18. The second-order valence-corrected chi connectivity index (χ2v) is 10.5. The normalized spacial score (nSPS) is 22.6. The van der Waals surface area contributed by atoms with E-state index in [4.69, 9.17) is 9.47 Å². The second kappa shape index (κ2) is 13.3. The van der Waals surface area contributed by atoms with Gasteiger partial charge in [0.2, 0.25) is 5.91 Å². The number of hydrogen-bond donors (Lipinski definition) is 2. The van der Waals surface area contributed by atoms with E-state index in [1.807, 2.05) is 32.9 Å². The summed E-state index contributed by atoms with van der Waals surface area (Å²) in [6, 6.07) is 4.38. The standard InChI is InChI=1S/C30H42N4O4/c1-5-34(25-8-13-37-14-9-25)28-19-24(7-6-10-33-11-15-38-16-12-33)18-26(23(28)4)29(35)31-20-27-21(2)17-22(3)32-30(27)36/h17-19,21,25,27H,5,8-16,20H2,1-4H3,(H,31,35)(H,32,36). The summed E-state index contributed by atoms with van der Waals surface area (Å²) < 4.78 is 11.0. The Morgan fingerprint density at radius 2 is 1.87 bits per heavy atom. The van der Waals surface area contributed by atoms with Gasteiger partial charge in [0.05, 0.1) is 25.7 Å². The predicted molar refractivity (Wildman–Crippen MR) is 149 cm³/mol. The summed E-state index contributed by atoms with van der Waals surface area (Å²) >= 11 is 0. The number of nitrogens with zero attached hydrogens (tertiary/aromatic N) is 2. The lowest BCUT2D eigenvalue weighted by molar-refractivity contribution is -0.125. The minimum atomic E-state index is -0.298. The van der Waals surface area contributed by atoms with Gasteiger partial charge in [0.1, 0.15) is 0 Å². The highest BCUT2D eigenvalue weighted by Gasteiger charge is 2.29. The van der Waals surface area contributed by atoms with Crippen molar-refractivity contribution in [3.05, 3.63) is 40.6 Å². The van der Waals surface area contributed by atoms with Crippen LogP contribution in [0.4, 0.5) is 5.69 Å². The van der Waals surface area contributed by atoms with Crippen molar-refractivity contribution >= 4 is 17.5 Å². The van der Waals surface area contributed by atoms with Crippen molar-refractivity contribution in [2.24, 2.45) is 11.8 Å². The molecule has 206 valence electrons. The molecule has 38 heavy (non-hydrogen) atoms. The molecule has 0 aliphatic carbocycles. The first-order valence-electron chi connectivity index (χ1n) is 13.9. The maximum atomic E-state index is 13.5. The number of hydrogen-bond acceptors (Lipinski definition) is 6. The van der Waals surface area contributed by atoms with Gasteiger partial charge in [-0.05, 0) is 57.2 Å². The van der Waals surface area contributed by atoms with Crippen LogP contribution >= 0.6 is 0 Å². The molecular formula is C30H42N4O4. The molecule has 0 saturated carbocycles. The molecule has 1 aromatic carbocycles. The molecular weight excluding hydrogens is 480 g/mol. The third-order valence-electron chi connectivity index (χ3n) is 7.83. The second-order valence-electron chi connectivity index (χ2n) is 10.5. The zero-order valence-electron chi connectivity index (χ0n) is 23.3. The highest BCUT2D eigenvalue weighted by Crippen LogP contribution is 2.30.